The Hall–Kier alpha value is -1.39. The van der Waals surface area contributed by atoms with Crippen molar-refractivity contribution in [3.63, 3.8) is 0 Å². The lowest BCUT2D eigenvalue weighted by Gasteiger charge is -2.30. The van der Waals surface area contributed by atoms with Crippen LogP contribution in [-0.2, 0) is 0 Å². The Bertz CT molecular complexity index is 375. The van der Waals surface area contributed by atoms with E-state index < -0.39 is 5.97 Å². The van der Waals surface area contributed by atoms with Crippen LogP contribution in [0.15, 0.2) is 6.20 Å². The molecule has 0 aliphatic heterocycles. The molecule has 1 N–H and O–H groups in total. The van der Waals surface area contributed by atoms with Gasteiger partial charge in [0.1, 0.15) is 0 Å². The first-order valence-corrected chi connectivity index (χ1v) is 5.87. The zero-order chi connectivity index (χ0) is 11.5. The Kier molecular flexibility index (Phi) is 3.22. The second kappa shape index (κ2) is 4.63. The number of hydrogen-bond donors (Lipinski definition) is 1. The molecule has 1 aliphatic rings. The average molecular weight is 223 g/mol. The zero-order valence-corrected chi connectivity index (χ0v) is 9.46. The van der Waals surface area contributed by atoms with Crippen LogP contribution in [0.25, 0.3) is 0 Å². The van der Waals surface area contributed by atoms with Crippen molar-refractivity contribution in [2.75, 3.05) is 0 Å². The molecule has 2 unspecified atom stereocenters. The summed E-state index contributed by atoms with van der Waals surface area (Å²) in [5.41, 5.74) is 0.0421. The van der Waals surface area contributed by atoms with Crippen molar-refractivity contribution in [2.24, 2.45) is 5.92 Å². The third-order valence-corrected chi connectivity index (χ3v) is 3.46. The highest BCUT2D eigenvalue weighted by Gasteiger charge is 2.26. The van der Waals surface area contributed by atoms with E-state index in [0.29, 0.717) is 12.0 Å². The fourth-order valence-electron chi connectivity index (χ4n) is 2.55. The SMILES string of the molecule is CCC1CCCCC1n1cc(C(=O)O)nn1. The van der Waals surface area contributed by atoms with Crippen LogP contribution in [0.1, 0.15) is 55.6 Å². The van der Waals surface area contributed by atoms with Crippen molar-refractivity contribution < 1.29 is 9.90 Å². The van der Waals surface area contributed by atoms with Crippen LogP contribution < -0.4 is 0 Å². The maximum Gasteiger partial charge on any atom is 0.358 e. The molecule has 0 spiro atoms. The van der Waals surface area contributed by atoms with Gasteiger partial charge in [-0.05, 0) is 18.8 Å². The predicted molar refractivity (Wildman–Crippen MR) is 58.3 cm³/mol. The van der Waals surface area contributed by atoms with E-state index in [1.54, 1.807) is 10.9 Å². The fourth-order valence-corrected chi connectivity index (χ4v) is 2.55. The van der Waals surface area contributed by atoms with Gasteiger partial charge in [0, 0.05) is 0 Å². The van der Waals surface area contributed by atoms with Crippen LogP contribution in [0, 0.1) is 5.92 Å². The quantitative estimate of drug-likeness (QED) is 0.852. The van der Waals surface area contributed by atoms with Gasteiger partial charge in [0.15, 0.2) is 5.69 Å². The first kappa shape index (κ1) is 11.1. The molecular weight excluding hydrogens is 206 g/mol. The monoisotopic (exact) mass is 223 g/mol. The first-order valence-electron chi connectivity index (χ1n) is 5.87. The van der Waals surface area contributed by atoms with Crippen molar-refractivity contribution >= 4 is 5.97 Å². The molecule has 1 aliphatic carbocycles. The van der Waals surface area contributed by atoms with Gasteiger partial charge in [0.2, 0.25) is 0 Å². The van der Waals surface area contributed by atoms with Gasteiger partial charge in [0.05, 0.1) is 12.2 Å². The summed E-state index contributed by atoms with van der Waals surface area (Å²) < 4.78 is 1.75. The first-order chi connectivity index (χ1) is 7.72. The Morgan fingerprint density at radius 1 is 1.56 bits per heavy atom. The molecule has 16 heavy (non-hydrogen) atoms. The molecule has 0 radical (unpaired) electrons. The number of carbonyl (C=O) groups is 1. The van der Waals surface area contributed by atoms with Crippen molar-refractivity contribution in [1.29, 1.82) is 0 Å². The molecule has 1 heterocycles. The highest BCUT2D eigenvalue weighted by atomic mass is 16.4. The normalized spacial score (nSPS) is 25.6. The number of rotatable bonds is 3. The average Bonchev–Trinajstić information content (AvgIpc) is 2.78. The van der Waals surface area contributed by atoms with Crippen LogP contribution in [0.4, 0.5) is 0 Å². The van der Waals surface area contributed by atoms with Crippen LogP contribution in [0.2, 0.25) is 0 Å². The van der Waals surface area contributed by atoms with Crippen LogP contribution in [0.5, 0.6) is 0 Å². The summed E-state index contributed by atoms with van der Waals surface area (Å²) in [6.07, 6.45) is 7.44. The van der Waals surface area contributed by atoms with E-state index in [1.165, 1.54) is 19.3 Å². The lowest BCUT2D eigenvalue weighted by Crippen LogP contribution is -2.23. The van der Waals surface area contributed by atoms with Gasteiger partial charge in [-0.25, -0.2) is 9.48 Å². The Morgan fingerprint density at radius 3 is 2.94 bits per heavy atom. The molecule has 5 heteroatoms. The Labute approximate surface area is 94.5 Å². The summed E-state index contributed by atoms with van der Waals surface area (Å²) >= 11 is 0. The summed E-state index contributed by atoms with van der Waals surface area (Å²) in [6, 6.07) is 0.333. The smallest absolute Gasteiger partial charge is 0.358 e. The van der Waals surface area contributed by atoms with Gasteiger partial charge in [-0.2, -0.15) is 0 Å². The van der Waals surface area contributed by atoms with Gasteiger partial charge in [-0.1, -0.05) is 31.4 Å². The number of carboxylic acids is 1. The topological polar surface area (TPSA) is 68.0 Å². The van der Waals surface area contributed by atoms with Gasteiger partial charge in [0.25, 0.3) is 0 Å². The van der Waals surface area contributed by atoms with E-state index in [2.05, 4.69) is 17.2 Å². The Morgan fingerprint density at radius 2 is 2.31 bits per heavy atom. The van der Waals surface area contributed by atoms with Gasteiger partial charge >= 0.3 is 5.97 Å². The predicted octanol–water partition coefficient (Wildman–Crippen LogP) is 2.12. The van der Waals surface area contributed by atoms with Crippen molar-refractivity contribution in [3.8, 4) is 0 Å². The molecule has 88 valence electrons. The number of aromatic nitrogens is 3. The number of aromatic carboxylic acids is 1. The standard InChI is InChI=1S/C11H17N3O2/c1-2-8-5-3-4-6-10(8)14-7-9(11(15)16)12-13-14/h7-8,10H,2-6H2,1H3,(H,15,16). The molecule has 1 aromatic heterocycles. The molecule has 0 saturated heterocycles. The zero-order valence-electron chi connectivity index (χ0n) is 9.46. The van der Waals surface area contributed by atoms with E-state index in [0.717, 1.165) is 12.8 Å². The van der Waals surface area contributed by atoms with Crippen molar-refractivity contribution in [3.05, 3.63) is 11.9 Å². The minimum atomic E-state index is -1.00. The van der Waals surface area contributed by atoms with E-state index >= 15 is 0 Å². The van der Waals surface area contributed by atoms with Gasteiger partial charge < -0.3 is 5.11 Å². The molecule has 5 nitrogen and oxygen atoms in total. The largest absolute Gasteiger partial charge is 0.476 e. The van der Waals surface area contributed by atoms with Crippen LogP contribution in [0.3, 0.4) is 0 Å². The second-order valence-electron chi connectivity index (χ2n) is 4.41. The summed E-state index contributed by atoms with van der Waals surface area (Å²) in [6.45, 7) is 2.18. The molecule has 1 aromatic rings. The molecule has 1 fully saturated rings. The van der Waals surface area contributed by atoms with Crippen LogP contribution >= 0.6 is 0 Å². The summed E-state index contributed by atoms with van der Waals surface area (Å²) in [4.78, 5) is 10.7. The minimum Gasteiger partial charge on any atom is -0.476 e. The second-order valence-corrected chi connectivity index (χ2v) is 4.41. The molecule has 2 atom stereocenters. The number of nitrogens with zero attached hydrogens (tertiary/aromatic N) is 3. The molecular formula is C11H17N3O2. The van der Waals surface area contributed by atoms with Crippen LogP contribution in [-0.4, -0.2) is 26.1 Å². The van der Waals surface area contributed by atoms with Crippen molar-refractivity contribution in [2.45, 2.75) is 45.1 Å². The van der Waals surface area contributed by atoms with E-state index in [1.807, 2.05) is 0 Å². The minimum absolute atomic E-state index is 0.0421. The number of carboxylic acid groups (broad SMARTS) is 1. The number of hydrogen-bond acceptors (Lipinski definition) is 3. The fraction of sp³-hybridized carbons (Fsp3) is 0.727. The molecule has 0 amide bonds. The van der Waals surface area contributed by atoms with Gasteiger partial charge in [-0.3, -0.25) is 0 Å². The van der Waals surface area contributed by atoms with Gasteiger partial charge in [-0.15, -0.1) is 5.10 Å². The van der Waals surface area contributed by atoms with E-state index in [-0.39, 0.29) is 5.69 Å². The lowest BCUT2D eigenvalue weighted by atomic mass is 9.83. The third-order valence-electron chi connectivity index (χ3n) is 3.46. The summed E-state index contributed by atoms with van der Waals surface area (Å²) in [5.74, 6) is -0.396. The van der Waals surface area contributed by atoms with E-state index in [9.17, 15) is 4.79 Å². The third kappa shape index (κ3) is 2.08. The highest BCUT2D eigenvalue weighted by molar-refractivity contribution is 5.84. The maximum absolute atomic E-state index is 10.7. The lowest BCUT2D eigenvalue weighted by molar-refractivity contribution is 0.0690. The molecule has 0 aromatic carbocycles. The molecule has 0 bridgehead atoms. The maximum atomic E-state index is 10.7. The highest BCUT2D eigenvalue weighted by Crippen LogP contribution is 2.35. The van der Waals surface area contributed by atoms with E-state index in [4.69, 9.17) is 5.11 Å². The summed E-state index contributed by atoms with van der Waals surface area (Å²) in [7, 11) is 0. The molecule has 2 rings (SSSR count). The molecule has 1 saturated carbocycles. The summed E-state index contributed by atoms with van der Waals surface area (Å²) in [5, 5.41) is 16.4. The Balaban J connectivity index is 2.17. The van der Waals surface area contributed by atoms with Crippen molar-refractivity contribution in [1.82, 2.24) is 15.0 Å².